The van der Waals surface area contributed by atoms with E-state index in [-0.39, 0.29) is 38.1 Å². The molecule has 7 rings (SSSR count). The van der Waals surface area contributed by atoms with Crippen LogP contribution in [0.1, 0.15) is 42.3 Å². The molecule has 228 valence electrons. The van der Waals surface area contributed by atoms with Crippen molar-refractivity contribution in [1.82, 2.24) is 15.2 Å². The van der Waals surface area contributed by atoms with E-state index < -0.39 is 18.0 Å². The Hall–Kier alpha value is -5.87. The zero-order chi connectivity index (χ0) is 31.6. The normalized spacial score (nSPS) is 15.9. The molecule has 10 heteroatoms. The number of benzene rings is 4. The number of aliphatic imine (C=N–C) groups is 1. The lowest BCUT2D eigenvalue weighted by molar-refractivity contribution is -0.120. The molecule has 2 aliphatic rings. The van der Waals surface area contributed by atoms with Gasteiger partial charge in [-0.05, 0) is 30.3 Å². The van der Waals surface area contributed by atoms with Crippen molar-refractivity contribution in [1.29, 1.82) is 0 Å². The topological polar surface area (TPSA) is 124 Å². The van der Waals surface area contributed by atoms with Gasteiger partial charge in [0.25, 0.3) is 23.6 Å². The SMILES string of the molecule is O=C(N[C@H]1N=C(c2ccccc2)c2ccccc2N(CCOCCN2C(=O)c3ccccc3C2=O)C1=O)c1cc2ccccc2[nH]1. The highest BCUT2D eigenvalue weighted by molar-refractivity contribution is 6.22. The summed E-state index contributed by atoms with van der Waals surface area (Å²) in [4.78, 5) is 63.7. The van der Waals surface area contributed by atoms with Crippen molar-refractivity contribution in [2.24, 2.45) is 4.99 Å². The van der Waals surface area contributed by atoms with E-state index in [1.165, 1.54) is 4.90 Å². The number of rotatable bonds is 9. The van der Waals surface area contributed by atoms with Gasteiger partial charge in [0, 0.05) is 28.6 Å². The summed E-state index contributed by atoms with van der Waals surface area (Å²) in [6.07, 6.45) is -1.22. The zero-order valence-electron chi connectivity index (χ0n) is 24.7. The van der Waals surface area contributed by atoms with Crippen LogP contribution < -0.4 is 10.2 Å². The van der Waals surface area contributed by atoms with Crippen LogP contribution >= 0.6 is 0 Å². The molecule has 0 saturated carbocycles. The molecule has 1 atom stereocenters. The maximum absolute atomic E-state index is 14.1. The summed E-state index contributed by atoms with van der Waals surface area (Å²) in [5.41, 5.74) is 4.61. The van der Waals surface area contributed by atoms with E-state index in [0.29, 0.717) is 28.2 Å². The summed E-state index contributed by atoms with van der Waals surface area (Å²) in [6.45, 7) is 0.448. The van der Waals surface area contributed by atoms with Crippen molar-refractivity contribution < 1.29 is 23.9 Å². The number of nitrogens with zero attached hydrogens (tertiary/aromatic N) is 3. The van der Waals surface area contributed by atoms with Crippen LogP contribution in [-0.2, 0) is 9.53 Å². The van der Waals surface area contributed by atoms with E-state index in [0.717, 1.165) is 22.0 Å². The highest BCUT2D eigenvalue weighted by Gasteiger charge is 2.35. The summed E-state index contributed by atoms with van der Waals surface area (Å²) >= 11 is 0. The van der Waals surface area contributed by atoms with Gasteiger partial charge >= 0.3 is 0 Å². The highest BCUT2D eigenvalue weighted by atomic mass is 16.5. The Balaban J connectivity index is 1.11. The number of hydrogen-bond donors (Lipinski definition) is 2. The number of anilines is 1. The number of carbonyl (C=O) groups excluding carboxylic acids is 4. The number of benzodiazepines with no additional fused rings is 1. The molecule has 2 aliphatic heterocycles. The number of aromatic nitrogens is 1. The molecule has 0 spiro atoms. The number of para-hydroxylation sites is 2. The number of hydrogen-bond acceptors (Lipinski definition) is 6. The summed E-state index contributed by atoms with van der Waals surface area (Å²) in [7, 11) is 0. The fourth-order valence-corrected chi connectivity index (χ4v) is 5.83. The van der Waals surface area contributed by atoms with Crippen molar-refractivity contribution in [2.45, 2.75) is 6.17 Å². The molecule has 0 unspecified atom stereocenters. The quantitative estimate of drug-likeness (QED) is 0.189. The number of imide groups is 1. The van der Waals surface area contributed by atoms with Crippen LogP contribution in [0.5, 0.6) is 0 Å². The van der Waals surface area contributed by atoms with Crippen molar-refractivity contribution in [3.8, 4) is 0 Å². The van der Waals surface area contributed by atoms with Crippen LogP contribution in [0.25, 0.3) is 10.9 Å². The number of fused-ring (bicyclic) bond motifs is 3. The Labute approximate surface area is 264 Å². The third kappa shape index (κ3) is 5.35. The second-order valence-corrected chi connectivity index (χ2v) is 10.9. The monoisotopic (exact) mass is 611 g/mol. The summed E-state index contributed by atoms with van der Waals surface area (Å²) in [5, 5.41) is 3.71. The van der Waals surface area contributed by atoms with E-state index in [1.807, 2.05) is 78.9 Å². The first-order valence-corrected chi connectivity index (χ1v) is 14.9. The van der Waals surface area contributed by atoms with E-state index in [4.69, 9.17) is 9.73 Å². The predicted molar refractivity (Wildman–Crippen MR) is 173 cm³/mol. The Morgan fingerprint density at radius 1 is 0.739 bits per heavy atom. The number of ether oxygens (including phenoxy) is 1. The summed E-state index contributed by atoms with van der Waals surface area (Å²) in [6, 6.07) is 33.0. The van der Waals surface area contributed by atoms with E-state index >= 15 is 0 Å². The Morgan fingerprint density at radius 3 is 2.07 bits per heavy atom. The Morgan fingerprint density at radius 2 is 1.35 bits per heavy atom. The number of H-pyrrole nitrogens is 1. The minimum absolute atomic E-state index is 0.0847. The lowest BCUT2D eigenvalue weighted by Crippen LogP contribution is -2.48. The zero-order valence-corrected chi connectivity index (χ0v) is 24.7. The van der Waals surface area contributed by atoms with Gasteiger partial charge in [0.05, 0.1) is 42.3 Å². The molecule has 10 nitrogen and oxygen atoms in total. The smallest absolute Gasteiger partial charge is 0.272 e. The fourth-order valence-electron chi connectivity index (χ4n) is 5.83. The molecule has 46 heavy (non-hydrogen) atoms. The molecule has 1 aromatic heterocycles. The molecule has 0 aliphatic carbocycles. The number of nitrogens with one attached hydrogen (secondary N) is 2. The standard InChI is InChI=1S/C36H29N5O5/c42-33(29-22-24-12-4-8-16-28(24)37-29)39-32-36(45)40(30-17-9-7-15-27(30)31(38-32)23-10-2-1-3-11-23)18-20-46-21-19-41-34(43)25-13-5-6-14-26(25)35(41)44/h1-17,22,32,37H,18-21H2,(H,39,42)/t32-/m1/s1. The van der Waals surface area contributed by atoms with Crippen molar-refractivity contribution in [3.05, 3.63) is 137 Å². The maximum atomic E-state index is 14.1. The lowest BCUT2D eigenvalue weighted by Gasteiger charge is -2.25. The van der Waals surface area contributed by atoms with Gasteiger partial charge in [0.2, 0.25) is 6.17 Å². The van der Waals surface area contributed by atoms with Crippen LogP contribution in [0.4, 0.5) is 5.69 Å². The number of carbonyl (C=O) groups is 4. The van der Waals surface area contributed by atoms with E-state index in [1.54, 1.807) is 35.2 Å². The van der Waals surface area contributed by atoms with Crippen molar-refractivity contribution in [3.63, 3.8) is 0 Å². The van der Waals surface area contributed by atoms with Gasteiger partial charge in [-0.15, -0.1) is 0 Å². The van der Waals surface area contributed by atoms with Crippen molar-refractivity contribution >= 4 is 45.9 Å². The minimum Gasteiger partial charge on any atom is -0.378 e. The van der Waals surface area contributed by atoms with Gasteiger partial charge in [-0.2, -0.15) is 0 Å². The van der Waals surface area contributed by atoms with Crippen LogP contribution in [0.3, 0.4) is 0 Å². The molecule has 5 aromatic rings. The second-order valence-electron chi connectivity index (χ2n) is 10.9. The van der Waals surface area contributed by atoms with Crippen molar-refractivity contribution in [2.75, 3.05) is 31.2 Å². The maximum Gasteiger partial charge on any atom is 0.272 e. The summed E-state index contributed by atoms with van der Waals surface area (Å²) < 4.78 is 5.86. The van der Waals surface area contributed by atoms with Gasteiger partial charge in [-0.1, -0.05) is 78.9 Å². The van der Waals surface area contributed by atoms with Crippen LogP contribution in [0.2, 0.25) is 0 Å². The third-order valence-corrected chi connectivity index (χ3v) is 8.09. The lowest BCUT2D eigenvalue weighted by atomic mass is 10.0. The van der Waals surface area contributed by atoms with Crippen LogP contribution in [0, 0.1) is 0 Å². The average molecular weight is 612 g/mol. The Bertz CT molecular complexity index is 1950. The van der Waals surface area contributed by atoms with E-state index in [2.05, 4.69) is 10.3 Å². The van der Waals surface area contributed by atoms with Gasteiger partial charge in [-0.3, -0.25) is 24.1 Å². The highest BCUT2D eigenvalue weighted by Crippen LogP contribution is 2.28. The molecule has 4 amide bonds. The fraction of sp³-hybridized carbons (Fsp3) is 0.139. The first-order valence-electron chi connectivity index (χ1n) is 14.9. The number of amides is 4. The second kappa shape index (κ2) is 12.3. The number of aromatic amines is 1. The predicted octanol–water partition coefficient (Wildman–Crippen LogP) is 4.42. The molecule has 0 radical (unpaired) electrons. The molecule has 0 saturated heterocycles. The molecule has 0 bridgehead atoms. The van der Waals surface area contributed by atoms with Gasteiger partial charge < -0.3 is 19.9 Å². The molecular formula is C36H29N5O5. The minimum atomic E-state index is -1.22. The van der Waals surface area contributed by atoms with Gasteiger partial charge in [-0.25, -0.2) is 4.99 Å². The summed E-state index contributed by atoms with van der Waals surface area (Å²) in [5.74, 6) is -1.58. The largest absolute Gasteiger partial charge is 0.378 e. The molecule has 0 fully saturated rings. The molecule has 3 heterocycles. The van der Waals surface area contributed by atoms with Gasteiger partial charge in [0.1, 0.15) is 5.69 Å². The van der Waals surface area contributed by atoms with Gasteiger partial charge in [0.15, 0.2) is 0 Å². The molecule has 4 aromatic carbocycles. The average Bonchev–Trinajstić information content (AvgIpc) is 3.60. The Kier molecular flexibility index (Phi) is 7.69. The third-order valence-electron chi connectivity index (χ3n) is 8.09. The first-order chi connectivity index (χ1) is 22.5. The van der Waals surface area contributed by atoms with Crippen LogP contribution in [-0.4, -0.2) is 71.7 Å². The molecule has 2 N–H and O–H groups in total. The molecular weight excluding hydrogens is 582 g/mol. The van der Waals surface area contributed by atoms with Crippen LogP contribution in [0.15, 0.2) is 114 Å². The van der Waals surface area contributed by atoms with E-state index in [9.17, 15) is 19.2 Å². The first kappa shape index (κ1) is 28.9.